The zero-order valence-corrected chi connectivity index (χ0v) is 10.7. The lowest BCUT2D eigenvalue weighted by atomic mass is 9.94. The van der Waals surface area contributed by atoms with Gasteiger partial charge in [-0.3, -0.25) is 4.90 Å². The smallest absolute Gasteiger partial charge is 0.0753 e. The van der Waals surface area contributed by atoms with Crippen molar-refractivity contribution >= 4 is 12.6 Å². The molecule has 0 bridgehead atoms. The van der Waals surface area contributed by atoms with Gasteiger partial charge in [0.25, 0.3) is 0 Å². The number of hydrogen-bond acceptors (Lipinski definition) is 3. The molecular formula is C11H23NOS. The van der Waals surface area contributed by atoms with Gasteiger partial charge in [0.1, 0.15) is 0 Å². The van der Waals surface area contributed by atoms with E-state index in [-0.39, 0.29) is 5.60 Å². The maximum Gasteiger partial charge on any atom is 0.0753 e. The highest BCUT2D eigenvalue weighted by atomic mass is 32.1. The summed E-state index contributed by atoms with van der Waals surface area (Å²) < 4.78 is 5.68. The Morgan fingerprint density at radius 2 is 2.07 bits per heavy atom. The fraction of sp³-hybridized carbons (Fsp3) is 1.00. The molecule has 0 aromatic carbocycles. The van der Waals surface area contributed by atoms with Crippen LogP contribution in [0.4, 0.5) is 0 Å². The minimum Gasteiger partial charge on any atom is -0.373 e. The molecule has 0 atom stereocenters. The van der Waals surface area contributed by atoms with Crippen molar-refractivity contribution in [2.24, 2.45) is 5.41 Å². The first-order chi connectivity index (χ1) is 6.35. The summed E-state index contributed by atoms with van der Waals surface area (Å²) in [5.74, 6) is 0.935. The molecule has 1 aliphatic heterocycles. The molecule has 1 fully saturated rings. The van der Waals surface area contributed by atoms with Crippen molar-refractivity contribution in [3.63, 3.8) is 0 Å². The van der Waals surface area contributed by atoms with Gasteiger partial charge in [-0.2, -0.15) is 12.6 Å². The van der Waals surface area contributed by atoms with Crippen molar-refractivity contribution in [2.45, 2.75) is 33.3 Å². The van der Waals surface area contributed by atoms with Crippen molar-refractivity contribution in [3.05, 3.63) is 0 Å². The lowest BCUT2D eigenvalue weighted by Crippen LogP contribution is -2.51. The zero-order chi connectivity index (χ0) is 10.8. The summed E-state index contributed by atoms with van der Waals surface area (Å²) in [4.78, 5) is 2.49. The van der Waals surface area contributed by atoms with Gasteiger partial charge >= 0.3 is 0 Å². The average molecular weight is 217 g/mol. The Balaban J connectivity index is 2.46. The number of rotatable bonds is 3. The molecule has 3 heteroatoms. The van der Waals surface area contributed by atoms with E-state index in [9.17, 15) is 0 Å². The van der Waals surface area contributed by atoms with Crippen LogP contribution in [0.15, 0.2) is 0 Å². The van der Waals surface area contributed by atoms with Gasteiger partial charge in [0.2, 0.25) is 0 Å². The summed E-state index contributed by atoms with van der Waals surface area (Å²) in [7, 11) is 0. The SMILES string of the molecule is CC(C)(CS)CN1CCOC(C)(C)C1. The van der Waals surface area contributed by atoms with E-state index in [0.29, 0.717) is 5.41 Å². The minimum absolute atomic E-state index is 0.0188. The van der Waals surface area contributed by atoms with Gasteiger partial charge < -0.3 is 4.74 Å². The van der Waals surface area contributed by atoms with Crippen LogP contribution < -0.4 is 0 Å². The molecule has 1 aliphatic rings. The van der Waals surface area contributed by atoms with E-state index in [2.05, 4.69) is 45.2 Å². The molecule has 0 spiro atoms. The van der Waals surface area contributed by atoms with Gasteiger partial charge in [0, 0.05) is 19.6 Å². The van der Waals surface area contributed by atoms with Crippen LogP contribution >= 0.6 is 12.6 Å². The first-order valence-corrected chi connectivity index (χ1v) is 5.95. The second-order valence-corrected chi connectivity index (χ2v) is 5.96. The molecular weight excluding hydrogens is 194 g/mol. The number of hydrogen-bond donors (Lipinski definition) is 1. The van der Waals surface area contributed by atoms with E-state index in [0.717, 1.165) is 32.0 Å². The summed E-state index contributed by atoms with van der Waals surface area (Å²) >= 11 is 4.39. The van der Waals surface area contributed by atoms with Crippen LogP contribution in [0.3, 0.4) is 0 Å². The summed E-state index contributed by atoms with van der Waals surface area (Å²) in [6.45, 7) is 12.9. The monoisotopic (exact) mass is 217 g/mol. The van der Waals surface area contributed by atoms with Crippen LogP contribution in [0.5, 0.6) is 0 Å². The van der Waals surface area contributed by atoms with Crippen LogP contribution in [-0.4, -0.2) is 42.5 Å². The highest BCUT2D eigenvalue weighted by Crippen LogP contribution is 2.23. The van der Waals surface area contributed by atoms with E-state index < -0.39 is 0 Å². The van der Waals surface area contributed by atoms with Crippen LogP contribution in [0.2, 0.25) is 0 Å². The third-order valence-corrected chi connectivity index (χ3v) is 3.44. The Kier molecular flexibility index (Phi) is 3.89. The van der Waals surface area contributed by atoms with Crippen LogP contribution in [0, 0.1) is 5.41 Å². The molecule has 0 aromatic rings. The van der Waals surface area contributed by atoms with Crippen LogP contribution in [-0.2, 0) is 4.74 Å². The minimum atomic E-state index is 0.0188. The van der Waals surface area contributed by atoms with E-state index in [1.165, 1.54) is 0 Å². The Bertz CT molecular complexity index is 192. The fourth-order valence-electron chi connectivity index (χ4n) is 1.90. The summed E-state index contributed by atoms with van der Waals surface area (Å²) in [5, 5.41) is 0. The van der Waals surface area contributed by atoms with Gasteiger partial charge in [-0.15, -0.1) is 0 Å². The Morgan fingerprint density at radius 1 is 1.43 bits per heavy atom. The fourth-order valence-corrected chi connectivity index (χ4v) is 2.00. The van der Waals surface area contributed by atoms with Gasteiger partial charge in [-0.25, -0.2) is 0 Å². The van der Waals surface area contributed by atoms with Crippen LogP contribution in [0.25, 0.3) is 0 Å². The molecule has 14 heavy (non-hydrogen) atoms. The second-order valence-electron chi connectivity index (χ2n) is 5.64. The molecule has 1 rings (SSSR count). The Hall–Kier alpha value is 0.270. The van der Waals surface area contributed by atoms with Crippen molar-refractivity contribution in [3.8, 4) is 0 Å². The predicted octanol–water partition coefficient (Wildman–Crippen LogP) is 2.05. The van der Waals surface area contributed by atoms with Gasteiger partial charge in [-0.1, -0.05) is 13.8 Å². The molecule has 0 N–H and O–H groups in total. The quantitative estimate of drug-likeness (QED) is 0.727. The van der Waals surface area contributed by atoms with E-state index >= 15 is 0 Å². The highest BCUT2D eigenvalue weighted by Gasteiger charge is 2.30. The number of thiol groups is 1. The molecule has 1 heterocycles. The summed E-state index contributed by atoms with van der Waals surface area (Å²) in [6.07, 6.45) is 0. The van der Waals surface area contributed by atoms with E-state index in [1.807, 2.05) is 0 Å². The largest absolute Gasteiger partial charge is 0.373 e. The van der Waals surface area contributed by atoms with Gasteiger partial charge in [-0.05, 0) is 25.0 Å². The summed E-state index contributed by atoms with van der Waals surface area (Å²) in [5.41, 5.74) is 0.321. The maximum absolute atomic E-state index is 5.68. The highest BCUT2D eigenvalue weighted by molar-refractivity contribution is 7.80. The molecule has 0 aromatic heterocycles. The van der Waals surface area contributed by atoms with Crippen molar-refractivity contribution < 1.29 is 4.74 Å². The first kappa shape index (κ1) is 12.3. The van der Waals surface area contributed by atoms with Gasteiger partial charge in [0.15, 0.2) is 0 Å². The van der Waals surface area contributed by atoms with Crippen molar-refractivity contribution in [1.82, 2.24) is 4.90 Å². The number of nitrogens with zero attached hydrogens (tertiary/aromatic N) is 1. The van der Waals surface area contributed by atoms with Crippen molar-refractivity contribution in [2.75, 3.05) is 32.0 Å². The standard InChI is InChI=1S/C11H23NOS/c1-10(2,9-14)7-12-5-6-13-11(3,4)8-12/h14H,5-9H2,1-4H3. The molecule has 0 unspecified atom stereocenters. The third kappa shape index (κ3) is 3.79. The summed E-state index contributed by atoms with van der Waals surface area (Å²) in [6, 6.07) is 0. The zero-order valence-electron chi connectivity index (χ0n) is 9.84. The molecule has 0 amide bonds. The second kappa shape index (κ2) is 4.42. The Morgan fingerprint density at radius 3 is 2.57 bits per heavy atom. The normalized spacial score (nSPS) is 23.8. The lowest BCUT2D eigenvalue weighted by Gasteiger charge is -2.41. The molecule has 84 valence electrons. The average Bonchev–Trinajstić information content (AvgIpc) is 2.01. The third-order valence-electron chi connectivity index (χ3n) is 2.58. The number of morpholine rings is 1. The van der Waals surface area contributed by atoms with Gasteiger partial charge in [0.05, 0.1) is 12.2 Å². The molecule has 2 nitrogen and oxygen atoms in total. The van der Waals surface area contributed by atoms with E-state index in [1.54, 1.807) is 0 Å². The van der Waals surface area contributed by atoms with Crippen molar-refractivity contribution in [1.29, 1.82) is 0 Å². The molecule has 1 saturated heterocycles. The van der Waals surface area contributed by atoms with E-state index in [4.69, 9.17) is 4.74 Å². The molecule has 0 aliphatic carbocycles. The first-order valence-electron chi connectivity index (χ1n) is 5.32. The lowest BCUT2D eigenvalue weighted by molar-refractivity contribution is -0.0915. The number of ether oxygens (including phenoxy) is 1. The topological polar surface area (TPSA) is 12.5 Å². The molecule has 0 radical (unpaired) electrons. The van der Waals surface area contributed by atoms with Crippen LogP contribution in [0.1, 0.15) is 27.7 Å². The molecule has 0 saturated carbocycles. The predicted molar refractivity (Wildman–Crippen MR) is 64.1 cm³/mol. The Labute approximate surface area is 93.4 Å². The maximum atomic E-state index is 5.68.